The van der Waals surface area contributed by atoms with Crippen molar-refractivity contribution in [3.63, 3.8) is 0 Å². The van der Waals surface area contributed by atoms with Gasteiger partial charge in [-0.25, -0.2) is 0 Å². The van der Waals surface area contributed by atoms with Gasteiger partial charge in [-0.1, -0.05) is 59.6 Å². The van der Waals surface area contributed by atoms with Gasteiger partial charge in [0, 0.05) is 24.2 Å². The summed E-state index contributed by atoms with van der Waals surface area (Å²) in [6, 6.07) is 10.2. The van der Waals surface area contributed by atoms with Gasteiger partial charge in [0.25, 0.3) is 0 Å². The predicted octanol–water partition coefficient (Wildman–Crippen LogP) is 6.68. The maximum atomic E-state index is 5.70. The van der Waals surface area contributed by atoms with Crippen molar-refractivity contribution in [2.45, 2.75) is 71.1 Å². The summed E-state index contributed by atoms with van der Waals surface area (Å²) in [6.45, 7) is 16.0. The van der Waals surface area contributed by atoms with Crippen LogP contribution in [-0.4, -0.2) is 47.6 Å². The third kappa shape index (κ3) is 5.85. The van der Waals surface area contributed by atoms with E-state index in [2.05, 4.69) is 83.2 Å². The number of methoxy groups -OCH3 is 2. The number of benzene rings is 2. The fourth-order valence-electron chi connectivity index (χ4n) is 5.65. The van der Waals surface area contributed by atoms with Gasteiger partial charge in [0.05, 0.1) is 14.2 Å². The molecule has 0 fully saturated rings. The Balaban J connectivity index is 1.90. The number of rotatable bonds is 10. The van der Waals surface area contributed by atoms with E-state index in [4.69, 9.17) is 18.9 Å². The predicted molar refractivity (Wildman–Crippen MR) is 150 cm³/mol. The van der Waals surface area contributed by atoms with Crippen LogP contribution in [-0.2, 0) is 13.0 Å². The van der Waals surface area contributed by atoms with Gasteiger partial charge in [-0.3, -0.25) is 0 Å². The molecule has 1 aliphatic heterocycles. The number of likely N-dealkylation sites (N-methyl/N-ethyl adjacent to an activating group) is 1. The molecule has 5 nitrogen and oxygen atoms in total. The van der Waals surface area contributed by atoms with Gasteiger partial charge in [-0.15, -0.1) is 5.54 Å². The largest absolute Gasteiger partial charge is 0.493 e. The first kappa shape index (κ1) is 28.0. The number of para-hydroxylation sites is 1. The van der Waals surface area contributed by atoms with Crippen LogP contribution in [0.5, 0.6) is 23.0 Å². The molecule has 0 radical (unpaired) electrons. The molecule has 0 spiro atoms. The normalized spacial score (nSPS) is 12.9. The van der Waals surface area contributed by atoms with E-state index >= 15 is 0 Å². The molecule has 0 atom stereocenters. The van der Waals surface area contributed by atoms with E-state index in [1.165, 1.54) is 5.56 Å². The summed E-state index contributed by atoms with van der Waals surface area (Å²) in [4.78, 5) is 2.31. The molecule has 36 heavy (non-hydrogen) atoms. The number of hydrogen-bond acceptors (Lipinski definition) is 5. The number of fused-ring (bicyclic) bond motifs is 1. The van der Waals surface area contributed by atoms with E-state index in [1.807, 2.05) is 12.1 Å². The second kappa shape index (κ2) is 12.1. The lowest BCUT2D eigenvalue weighted by atomic mass is 10.0. The SMILES string of the molecule is COc1cc(C#C[Si](C(C)C)(C(C)C)C(C)C)c(CCN(C)Cc2cccc3c2OCO3)cc1OC. The average Bonchev–Trinajstić information content (AvgIpc) is 3.32. The summed E-state index contributed by atoms with van der Waals surface area (Å²) in [5, 5.41) is 0. The van der Waals surface area contributed by atoms with E-state index in [1.54, 1.807) is 14.2 Å². The molecule has 1 heterocycles. The molecule has 0 saturated heterocycles. The van der Waals surface area contributed by atoms with Crippen molar-refractivity contribution in [3.05, 3.63) is 47.0 Å². The van der Waals surface area contributed by atoms with Crippen LogP contribution in [0.15, 0.2) is 30.3 Å². The molecule has 1 aliphatic rings. The smallest absolute Gasteiger partial charge is 0.231 e. The molecular formula is C30H43NO4Si. The summed E-state index contributed by atoms with van der Waals surface area (Å²) in [5.41, 5.74) is 8.99. The van der Waals surface area contributed by atoms with Crippen molar-refractivity contribution >= 4 is 8.07 Å². The lowest BCUT2D eigenvalue weighted by molar-refractivity contribution is 0.172. The minimum atomic E-state index is -1.86. The third-order valence-electron chi connectivity index (χ3n) is 7.57. The second-order valence-corrected chi connectivity index (χ2v) is 16.2. The Morgan fingerprint density at radius 2 is 1.56 bits per heavy atom. The van der Waals surface area contributed by atoms with E-state index in [-0.39, 0.29) is 6.79 Å². The van der Waals surface area contributed by atoms with Crippen LogP contribution >= 0.6 is 0 Å². The minimum Gasteiger partial charge on any atom is -0.493 e. The maximum Gasteiger partial charge on any atom is 0.231 e. The summed E-state index contributed by atoms with van der Waals surface area (Å²) in [6.07, 6.45) is 0.854. The molecule has 3 rings (SSSR count). The summed E-state index contributed by atoms with van der Waals surface area (Å²) < 4.78 is 22.5. The van der Waals surface area contributed by atoms with Crippen LogP contribution in [0.25, 0.3) is 0 Å². The average molecular weight is 510 g/mol. The highest BCUT2D eigenvalue weighted by Gasteiger charge is 2.41. The quantitative estimate of drug-likeness (QED) is 0.264. The van der Waals surface area contributed by atoms with Gasteiger partial charge in [0.15, 0.2) is 23.0 Å². The minimum absolute atomic E-state index is 0.289. The zero-order valence-corrected chi connectivity index (χ0v) is 24.5. The monoisotopic (exact) mass is 509 g/mol. The Morgan fingerprint density at radius 3 is 2.17 bits per heavy atom. The zero-order chi connectivity index (χ0) is 26.5. The topological polar surface area (TPSA) is 40.2 Å². The number of nitrogens with zero attached hydrogens (tertiary/aromatic N) is 1. The Hall–Kier alpha value is -2.62. The second-order valence-electron chi connectivity index (χ2n) is 10.7. The van der Waals surface area contributed by atoms with Crippen LogP contribution in [0, 0.1) is 11.5 Å². The first-order chi connectivity index (χ1) is 17.1. The van der Waals surface area contributed by atoms with Gasteiger partial charge in [-0.05, 0) is 53.9 Å². The van der Waals surface area contributed by atoms with Crippen LogP contribution in [0.4, 0.5) is 0 Å². The van der Waals surface area contributed by atoms with Crippen LogP contribution in [0.2, 0.25) is 16.6 Å². The van der Waals surface area contributed by atoms with Crippen molar-refractivity contribution in [3.8, 4) is 34.5 Å². The highest BCUT2D eigenvalue weighted by molar-refractivity contribution is 6.90. The molecule has 0 N–H and O–H groups in total. The Bertz CT molecular complexity index is 1080. The molecular weight excluding hydrogens is 466 g/mol. The summed E-state index contributed by atoms with van der Waals surface area (Å²) in [7, 11) is 3.64. The third-order valence-corrected chi connectivity index (χ3v) is 13.9. The first-order valence-electron chi connectivity index (χ1n) is 13.0. The zero-order valence-electron chi connectivity index (χ0n) is 23.5. The molecule has 0 bridgehead atoms. The molecule has 2 aromatic rings. The van der Waals surface area contributed by atoms with Crippen LogP contribution < -0.4 is 18.9 Å². The number of hydrogen-bond donors (Lipinski definition) is 0. The fraction of sp³-hybridized carbons (Fsp3) is 0.533. The molecule has 2 aromatic carbocycles. The molecule has 0 unspecified atom stereocenters. The Labute approximate surface area is 219 Å². The highest BCUT2D eigenvalue weighted by Crippen LogP contribution is 2.41. The Kier molecular flexibility index (Phi) is 9.38. The van der Waals surface area contributed by atoms with Gasteiger partial charge < -0.3 is 23.8 Å². The lowest BCUT2D eigenvalue weighted by Gasteiger charge is -2.38. The summed E-state index contributed by atoms with van der Waals surface area (Å²) >= 11 is 0. The van der Waals surface area contributed by atoms with Crippen molar-refractivity contribution in [1.82, 2.24) is 4.90 Å². The van der Waals surface area contributed by atoms with Crippen molar-refractivity contribution in [2.75, 3.05) is 34.6 Å². The van der Waals surface area contributed by atoms with E-state index in [9.17, 15) is 0 Å². The van der Waals surface area contributed by atoms with Crippen LogP contribution in [0.3, 0.4) is 0 Å². The Morgan fingerprint density at radius 1 is 0.917 bits per heavy atom. The maximum absolute atomic E-state index is 5.70. The van der Waals surface area contributed by atoms with E-state index in [0.717, 1.165) is 53.6 Å². The molecule has 0 aliphatic carbocycles. The van der Waals surface area contributed by atoms with Crippen LogP contribution in [0.1, 0.15) is 58.2 Å². The van der Waals surface area contributed by atoms with Gasteiger partial charge >= 0.3 is 0 Å². The first-order valence-corrected chi connectivity index (χ1v) is 15.2. The summed E-state index contributed by atoms with van der Waals surface area (Å²) in [5.74, 6) is 6.81. The van der Waals surface area contributed by atoms with Crippen molar-refractivity contribution in [2.24, 2.45) is 0 Å². The molecule has 6 heteroatoms. The van der Waals surface area contributed by atoms with Gasteiger partial charge in [-0.2, -0.15) is 0 Å². The lowest BCUT2D eigenvalue weighted by Crippen LogP contribution is -2.43. The van der Waals surface area contributed by atoms with E-state index < -0.39 is 8.07 Å². The van der Waals surface area contributed by atoms with Gasteiger partial charge in [0.2, 0.25) is 6.79 Å². The fourth-order valence-corrected chi connectivity index (χ4v) is 10.9. The van der Waals surface area contributed by atoms with Crippen molar-refractivity contribution in [1.29, 1.82) is 0 Å². The molecule has 0 aromatic heterocycles. The van der Waals surface area contributed by atoms with Crippen molar-refractivity contribution < 1.29 is 18.9 Å². The van der Waals surface area contributed by atoms with Gasteiger partial charge in [0.1, 0.15) is 8.07 Å². The standard InChI is InChI=1S/C30H43NO4Si/c1-21(2)36(22(3)4,23(5)6)16-14-25-18-29(33-9)28(32-8)17-24(25)13-15-31(7)19-26-11-10-12-27-30(26)35-20-34-27/h10-12,17-18,21-23H,13,15,19-20H2,1-9H3. The molecule has 0 amide bonds. The number of ether oxygens (including phenoxy) is 4. The highest BCUT2D eigenvalue weighted by atomic mass is 28.3. The molecule has 0 saturated carbocycles. The van der Waals surface area contributed by atoms with E-state index in [0.29, 0.717) is 16.6 Å². The molecule has 196 valence electrons.